The summed E-state index contributed by atoms with van der Waals surface area (Å²) in [4.78, 5) is 17.4. The van der Waals surface area contributed by atoms with Crippen LogP contribution in [0.3, 0.4) is 0 Å². The van der Waals surface area contributed by atoms with Gasteiger partial charge in [0.25, 0.3) is 5.91 Å². The van der Waals surface area contributed by atoms with Crippen molar-refractivity contribution in [1.29, 1.82) is 0 Å². The highest BCUT2D eigenvalue weighted by Gasteiger charge is 2.32. The number of amides is 1. The molecule has 1 N–H and O–H groups in total. The lowest BCUT2D eigenvalue weighted by Crippen LogP contribution is -2.38. The fourth-order valence-corrected chi connectivity index (χ4v) is 3.03. The van der Waals surface area contributed by atoms with Gasteiger partial charge in [0.15, 0.2) is 0 Å². The monoisotopic (exact) mass is 350 g/mol. The molecule has 7 heteroatoms. The van der Waals surface area contributed by atoms with Gasteiger partial charge in [-0.25, -0.2) is 0 Å². The van der Waals surface area contributed by atoms with E-state index in [0.29, 0.717) is 19.0 Å². The molecule has 0 atom stereocenters. The Bertz CT molecular complexity index is 734. The zero-order valence-corrected chi connectivity index (χ0v) is 13.3. The van der Waals surface area contributed by atoms with E-state index in [1.165, 1.54) is 6.07 Å². The Morgan fingerprint density at radius 1 is 1.08 bits per heavy atom. The van der Waals surface area contributed by atoms with Crippen LogP contribution in [0, 0.1) is 0 Å². The topological polar surface area (TPSA) is 53.4 Å². The molecule has 0 bridgehead atoms. The fourth-order valence-electron chi connectivity index (χ4n) is 3.03. The molecule has 2 heterocycles. The number of hydrogen-bond donors (Lipinski definition) is 1. The second-order valence-corrected chi connectivity index (χ2v) is 6.09. The van der Waals surface area contributed by atoms with Gasteiger partial charge in [0.2, 0.25) is 0 Å². The van der Waals surface area contributed by atoms with Crippen molar-refractivity contribution in [2.75, 3.05) is 13.1 Å². The average molecular weight is 350 g/mol. The van der Waals surface area contributed by atoms with Crippen LogP contribution in [0.5, 0.6) is 5.75 Å². The summed E-state index contributed by atoms with van der Waals surface area (Å²) in [6, 6.07) is 9.02. The number of aromatic nitrogens is 1. The van der Waals surface area contributed by atoms with E-state index >= 15 is 0 Å². The lowest BCUT2D eigenvalue weighted by atomic mass is 9.89. The molecule has 3 rings (SSSR count). The van der Waals surface area contributed by atoms with Gasteiger partial charge in [-0.05, 0) is 48.6 Å². The molecule has 1 saturated heterocycles. The molecule has 132 valence electrons. The minimum Gasteiger partial charge on any atom is -0.508 e. The first-order chi connectivity index (χ1) is 11.8. The average Bonchev–Trinajstić information content (AvgIpc) is 2.61. The van der Waals surface area contributed by atoms with Gasteiger partial charge >= 0.3 is 6.18 Å². The molecule has 4 nitrogen and oxygen atoms in total. The number of nitrogens with zero attached hydrogens (tertiary/aromatic N) is 2. The summed E-state index contributed by atoms with van der Waals surface area (Å²) in [7, 11) is 0. The zero-order chi connectivity index (χ0) is 18.0. The van der Waals surface area contributed by atoms with Gasteiger partial charge in [-0.15, -0.1) is 0 Å². The van der Waals surface area contributed by atoms with E-state index in [4.69, 9.17) is 0 Å². The normalized spacial score (nSPS) is 16.0. The van der Waals surface area contributed by atoms with Crippen LogP contribution in [-0.4, -0.2) is 34.0 Å². The molecule has 0 radical (unpaired) electrons. The number of phenolic OH excluding ortho intramolecular Hbond substituents is 1. The maximum Gasteiger partial charge on any atom is 0.433 e. The van der Waals surface area contributed by atoms with Gasteiger partial charge < -0.3 is 10.0 Å². The number of piperidine rings is 1. The molecule has 0 unspecified atom stereocenters. The minimum atomic E-state index is -4.51. The summed E-state index contributed by atoms with van der Waals surface area (Å²) in [6.07, 6.45) is -1.99. The van der Waals surface area contributed by atoms with Crippen LogP contribution in [0.4, 0.5) is 13.2 Å². The molecule has 1 aromatic heterocycles. The summed E-state index contributed by atoms with van der Waals surface area (Å²) in [6.45, 7) is 1.07. The van der Waals surface area contributed by atoms with Crippen molar-refractivity contribution < 1.29 is 23.1 Å². The van der Waals surface area contributed by atoms with Crippen LogP contribution < -0.4 is 0 Å². The van der Waals surface area contributed by atoms with Gasteiger partial charge in [0.1, 0.15) is 11.4 Å². The number of carbonyl (C=O) groups is 1. The predicted molar refractivity (Wildman–Crippen MR) is 85.2 cm³/mol. The van der Waals surface area contributed by atoms with Crippen molar-refractivity contribution in [2.45, 2.75) is 24.9 Å². The Hall–Kier alpha value is -2.57. The standard InChI is InChI=1S/C18H17F3N2O2/c19-18(20,21)16-6-3-14(11-22-16)17(25)23-9-7-13(8-10-23)12-1-4-15(24)5-2-12/h1-6,11,13,24H,7-10H2. The van der Waals surface area contributed by atoms with E-state index in [9.17, 15) is 23.1 Å². The quantitative estimate of drug-likeness (QED) is 0.896. The van der Waals surface area contributed by atoms with E-state index in [0.717, 1.165) is 30.7 Å². The van der Waals surface area contributed by atoms with Gasteiger partial charge in [-0.2, -0.15) is 13.2 Å². The van der Waals surface area contributed by atoms with E-state index in [-0.39, 0.29) is 17.2 Å². The van der Waals surface area contributed by atoms with Gasteiger partial charge in [-0.3, -0.25) is 9.78 Å². The van der Waals surface area contributed by atoms with Crippen LogP contribution >= 0.6 is 0 Å². The van der Waals surface area contributed by atoms with Crippen LogP contribution in [0.2, 0.25) is 0 Å². The highest BCUT2D eigenvalue weighted by atomic mass is 19.4. The minimum absolute atomic E-state index is 0.163. The molecule has 0 spiro atoms. The second-order valence-electron chi connectivity index (χ2n) is 6.09. The molecule has 25 heavy (non-hydrogen) atoms. The van der Waals surface area contributed by atoms with Crippen molar-refractivity contribution >= 4 is 5.91 Å². The van der Waals surface area contributed by atoms with Crippen molar-refractivity contribution in [3.63, 3.8) is 0 Å². The number of rotatable bonds is 2. The second kappa shape index (κ2) is 6.74. The molecular formula is C18H17F3N2O2. The van der Waals surface area contributed by atoms with Gasteiger partial charge in [0, 0.05) is 19.3 Å². The number of pyridine rings is 1. The van der Waals surface area contributed by atoms with Crippen LogP contribution in [0.15, 0.2) is 42.6 Å². The number of aromatic hydroxyl groups is 1. The van der Waals surface area contributed by atoms with E-state index < -0.39 is 11.9 Å². The van der Waals surface area contributed by atoms with Crippen molar-refractivity contribution in [2.24, 2.45) is 0 Å². The zero-order valence-electron chi connectivity index (χ0n) is 13.3. The first-order valence-corrected chi connectivity index (χ1v) is 7.96. The van der Waals surface area contributed by atoms with Crippen molar-refractivity contribution in [1.82, 2.24) is 9.88 Å². The Morgan fingerprint density at radius 2 is 1.72 bits per heavy atom. The van der Waals surface area contributed by atoms with Crippen LogP contribution in [-0.2, 0) is 6.18 Å². The number of alkyl halides is 3. The molecule has 1 aliphatic rings. The molecule has 2 aromatic rings. The molecule has 0 saturated carbocycles. The lowest BCUT2D eigenvalue weighted by Gasteiger charge is -2.32. The molecule has 1 amide bonds. The number of benzene rings is 1. The highest BCUT2D eigenvalue weighted by Crippen LogP contribution is 2.30. The van der Waals surface area contributed by atoms with Crippen molar-refractivity contribution in [3.05, 3.63) is 59.4 Å². The summed E-state index contributed by atoms with van der Waals surface area (Å²) >= 11 is 0. The largest absolute Gasteiger partial charge is 0.508 e. The Morgan fingerprint density at radius 3 is 2.24 bits per heavy atom. The summed E-state index contributed by atoms with van der Waals surface area (Å²) in [5.74, 6) is 0.215. The third-order valence-corrected chi connectivity index (χ3v) is 4.45. The maximum atomic E-state index is 12.5. The van der Waals surface area contributed by atoms with Crippen molar-refractivity contribution in [3.8, 4) is 5.75 Å². The molecular weight excluding hydrogens is 333 g/mol. The number of hydrogen-bond acceptors (Lipinski definition) is 3. The van der Waals surface area contributed by atoms with Crippen LogP contribution in [0.25, 0.3) is 0 Å². The summed E-state index contributed by atoms with van der Waals surface area (Å²) in [5.41, 5.74) is 0.271. The SMILES string of the molecule is O=C(c1ccc(C(F)(F)F)nc1)N1CCC(c2ccc(O)cc2)CC1. The molecule has 1 fully saturated rings. The smallest absolute Gasteiger partial charge is 0.433 e. The highest BCUT2D eigenvalue weighted by molar-refractivity contribution is 5.94. The van der Waals surface area contributed by atoms with E-state index in [1.54, 1.807) is 17.0 Å². The molecule has 1 aromatic carbocycles. The Labute approximate surface area is 142 Å². The molecule has 1 aliphatic heterocycles. The third kappa shape index (κ3) is 3.92. The van der Waals surface area contributed by atoms with Crippen LogP contribution in [0.1, 0.15) is 40.4 Å². The Kier molecular flexibility index (Phi) is 4.65. The summed E-state index contributed by atoms with van der Waals surface area (Å²) in [5, 5.41) is 9.34. The van der Waals surface area contributed by atoms with E-state index in [1.807, 2.05) is 12.1 Å². The maximum absolute atomic E-state index is 12.5. The predicted octanol–water partition coefficient (Wildman–Crippen LogP) is 3.83. The fraction of sp³-hybridized carbons (Fsp3) is 0.333. The number of likely N-dealkylation sites (tertiary alicyclic amines) is 1. The third-order valence-electron chi connectivity index (χ3n) is 4.45. The first kappa shape index (κ1) is 17.3. The molecule has 0 aliphatic carbocycles. The number of carbonyl (C=O) groups excluding carboxylic acids is 1. The number of phenols is 1. The number of halogens is 3. The summed E-state index contributed by atoms with van der Waals surface area (Å²) < 4.78 is 37.6. The van der Waals surface area contributed by atoms with Gasteiger partial charge in [-0.1, -0.05) is 12.1 Å². The lowest BCUT2D eigenvalue weighted by molar-refractivity contribution is -0.141. The Balaban J connectivity index is 1.62. The van der Waals surface area contributed by atoms with E-state index in [2.05, 4.69) is 4.98 Å². The first-order valence-electron chi connectivity index (χ1n) is 7.96. The van der Waals surface area contributed by atoms with Gasteiger partial charge in [0.05, 0.1) is 5.56 Å².